The van der Waals surface area contributed by atoms with Crippen LogP contribution in [0.3, 0.4) is 0 Å². The number of hydrogen-bond donors (Lipinski definition) is 1. The average molecular weight is 205 g/mol. The van der Waals surface area contributed by atoms with E-state index in [9.17, 15) is 0 Å². The molecule has 2 rings (SSSR count). The van der Waals surface area contributed by atoms with E-state index in [1.165, 1.54) is 18.4 Å². The molecule has 1 aliphatic carbocycles. The fourth-order valence-corrected chi connectivity index (χ4v) is 1.56. The topological polar surface area (TPSA) is 21.3 Å². The first-order valence-electron chi connectivity index (χ1n) is 5.85. The first-order valence-corrected chi connectivity index (χ1v) is 5.85. The maximum atomic E-state index is 5.75. The summed E-state index contributed by atoms with van der Waals surface area (Å²) in [6.45, 7) is 4.22. The highest BCUT2D eigenvalue weighted by Gasteiger charge is 2.23. The maximum absolute atomic E-state index is 5.75. The lowest BCUT2D eigenvalue weighted by Gasteiger charge is -2.07. The lowest BCUT2D eigenvalue weighted by atomic mass is 10.1. The minimum absolute atomic E-state index is 0.494. The quantitative estimate of drug-likeness (QED) is 0.720. The summed E-state index contributed by atoms with van der Waals surface area (Å²) in [6, 6.07) is 8.46. The van der Waals surface area contributed by atoms with Gasteiger partial charge >= 0.3 is 0 Å². The van der Waals surface area contributed by atoms with Gasteiger partial charge < -0.3 is 10.1 Å². The van der Waals surface area contributed by atoms with Crippen LogP contribution in [0.4, 0.5) is 0 Å². The van der Waals surface area contributed by atoms with E-state index in [4.69, 9.17) is 4.74 Å². The van der Waals surface area contributed by atoms with Gasteiger partial charge in [-0.25, -0.2) is 0 Å². The Hall–Kier alpha value is -1.02. The Morgan fingerprint density at radius 3 is 3.00 bits per heavy atom. The molecule has 0 saturated heterocycles. The van der Waals surface area contributed by atoms with E-state index >= 15 is 0 Å². The van der Waals surface area contributed by atoms with Crippen LogP contribution in [0.2, 0.25) is 0 Å². The Labute approximate surface area is 91.6 Å². The van der Waals surface area contributed by atoms with Crippen LogP contribution in [0.15, 0.2) is 24.3 Å². The minimum atomic E-state index is 0.494. The molecule has 1 aromatic carbocycles. The summed E-state index contributed by atoms with van der Waals surface area (Å²) in [5, 5.41) is 3.33. The third-order valence-electron chi connectivity index (χ3n) is 2.57. The molecule has 0 amide bonds. The largest absolute Gasteiger partial charge is 0.490 e. The summed E-state index contributed by atoms with van der Waals surface area (Å²) < 4.78 is 5.75. The number of benzene rings is 1. The van der Waals surface area contributed by atoms with Crippen molar-refractivity contribution in [3.8, 4) is 5.75 Å². The summed E-state index contributed by atoms with van der Waals surface area (Å²) in [5.74, 6) is 1.03. The Bertz CT molecular complexity index is 307. The van der Waals surface area contributed by atoms with Gasteiger partial charge in [0.25, 0.3) is 0 Å². The highest BCUT2D eigenvalue weighted by Crippen LogP contribution is 2.27. The van der Waals surface area contributed by atoms with E-state index < -0.39 is 0 Å². The molecule has 82 valence electrons. The van der Waals surface area contributed by atoms with Crippen LogP contribution in [0.25, 0.3) is 0 Å². The van der Waals surface area contributed by atoms with Crippen molar-refractivity contribution in [3.05, 3.63) is 29.8 Å². The summed E-state index contributed by atoms with van der Waals surface area (Å²) >= 11 is 0. The maximum Gasteiger partial charge on any atom is 0.119 e. The van der Waals surface area contributed by atoms with Crippen LogP contribution >= 0.6 is 0 Å². The van der Waals surface area contributed by atoms with Gasteiger partial charge in [0.15, 0.2) is 0 Å². The van der Waals surface area contributed by atoms with Crippen molar-refractivity contribution in [3.63, 3.8) is 0 Å². The molecule has 1 aromatic rings. The SMILES string of the molecule is CCNCCc1cccc(OC2CC2)c1. The van der Waals surface area contributed by atoms with Gasteiger partial charge in [-0.1, -0.05) is 19.1 Å². The molecule has 1 N–H and O–H groups in total. The predicted octanol–water partition coefficient (Wildman–Crippen LogP) is 2.38. The second-order valence-electron chi connectivity index (χ2n) is 4.07. The molecular weight excluding hydrogens is 186 g/mol. The lowest BCUT2D eigenvalue weighted by Crippen LogP contribution is -2.16. The second-order valence-corrected chi connectivity index (χ2v) is 4.07. The molecule has 2 nitrogen and oxygen atoms in total. The van der Waals surface area contributed by atoms with Crippen molar-refractivity contribution in [2.45, 2.75) is 32.3 Å². The van der Waals surface area contributed by atoms with E-state index in [-0.39, 0.29) is 0 Å². The fourth-order valence-electron chi connectivity index (χ4n) is 1.56. The van der Waals surface area contributed by atoms with Crippen LogP contribution in [-0.4, -0.2) is 19.2 Å². The van der Waals surface area contributed by atoms with Crippen LogP contribution in [0.1, 0.15) is 25.3 Å². The predicted molar refractivity (Wildman–Crippen MR) is 62.3 cm³/mol. The van der Waals surface area contributed by atoms with E-state index in [0.717, 1.165) is 25.3 Å². The van der Waals surface area contributed by atoms with E-state index in [1.54, 1.807) is 0 Å². The third kappa shape index (κ3) is 3.56. The van der Waals surface area contributed by atoms with Crippen LogP contribution < -0.4 is 10.1 Å². The highest BCUT2D eigenvalue weighted by molar-refractivity contribution is 5.29. The lowest BCUT2D eigenvalue weighted by molar-refractivity contribution is 0.303. The molecule has 1 saturated carbocycles. The summed E-state index contributed by atoms with van der Waals surface area (Å²) in [5.41, 5.74) is 1.36. The Morgan fingerprint density at radius 2 is 2.27 bits per heavy atom. The van der Waals surface area contributed by atoms with Gasteiger partial charge in [-0.3, -0.25) is 0 Å². The van der Waals surface area contributed by atoms with Gasteiger partial charge in [-0.05, 0) is 50.0 Å². The van der Waals surface area contributed by atoms with Gasteiger partial charge in [0.1, 0.15) is 5.75 Å². The first-order chi connectivity index (χ1) is 7.38. The molecule has 0 spiro atoms. The number of rotatable bonds is 6. The second kappa shape index (κ2) is 5.17. The zero-order valence-electron chi connectivity index (χ0n) is 9.33. The Kier molecular flexibility index (Phi) is 3.62. The zero-order valence-corrected chi connectivity index (χ0v) is 9.33. The van der Waals surface area contributed by atoms with Crippen LogP contribution in [-0.2, 0) is 6.42 Å². The average Bonchev–Trinajstić information content (AvgIpc) is 3.03. The van der Waals surface area contributed by atoms with Crippen molar-refractivity contribution >= 4 is 0 Å². The molecule has 0 radical (unpaired) electrons. The van der Waals surface area contributed by atoms with Gasteiger partial charge in [0.05, 0.1) is 6.10 Å². The molecule has 0 heterocycles. The number of nitrogens with one attached hydrogen (secondary N) is 1. The van der Waals surface area contributed by atoms with Gasteiger partial charge in [0.2, 0.25) is 0 Å². The highest BCUT2D eigenvalue weighted by atomic mass is 16.5. The summed E-state index contributed by atoms with van der Waals surface area (Å²) in [7, 11) is 0. The Morgan fingerprint density at radius 1 is 1.40 bits per heavy atom. The van der Waals surface area contributed by atoms with Gasteiger partial charge in [-0.2, -0.15) is 0 Å². The van der Waals surface area contributed by atoms with Gasteiger partial charge in [-0.15, -0.1) is 0 Å². The number of hydrogen-bond acceptors (Lipinski definition) is 2. The van der Waals surface area contributed by atoms with Crippen molar-refractivity contribution in [2.24, 2.45) is 0 Å². The molecule has 1 aliphatic rings. The fraction of sp³-hybridized carbons (Fsp3) is 0.538. The van der Waals surface area contributed by atoms with E-state index in [0.29, 0.717) is 6.10 Å². The van der Waals surface area contributed by atoms with E-state index in [2.05, 4.69) is 36.5 Å². The van der Waals surface area contributed by atoms with Gasteiger partial charge in [0, 0.05) is 0 Å². The molecule has 0 unspecified atom stereocenters. The first kappa shape index (κ1) is 10.5. The molecule has 15 heavy (non-hydrogen) atoms. The molecule has 0 bridgehead atoms. The Balaban J connectivity index is 1.86. The zero-order chi connectivity index (χ0) is 10.5. The smallest absolute Gasteiger partial charge is 0.119 e. The van der Waals surface area contributed by atoms with Crippen LogP contribution in [0.5, 0.6) is 5.75 Å². The summed E-state index contributed by atoms with van der Waals surface area (Å²) in [6.07, 6.45) is 4.02. The molecule has 2 heteroatoms. The van der Waals surface area contributed by atoms with Crippen molar-refractivity contribution < 1.29 is 4.74 Å². The van der Waals surface area contributed by atoms with Crippen molar-refractivity contribution in [2.75, 3.05) is 13.1 Å². The van der Waals surface area contributed by atoms with Crippen LogP contribution in [0, 0.1) is 0 Å². The molecule has 1 fully saturated rings. The summed E-state index contributed by atoms with van der Waals surface area (Å²) in [4.78, 5) is 0. The third-order valence-corrected chi connectivity index (χ3v) is 2.57. The van der Waals surface area contributed by atoms with Crippen molar-refractivity contribution in [1.82, 2.24) is 5.32 Å². The standard InChI is InChI=1S/C13H19NO/c1-2-14-9-8-11-4-3-5-13(10-11)15-12-6-7-12/h3-5,10,12,14H,2,6-9H2,1H3. The normalized spacial score (nSPS) is 15.3. The van der Waals surface area contributed by atoms with E-state index in [1.807, 2.05) is 0 Å². The van der Waals surface area contributed by atoms with Crippen molar-refractivity contribution in [1.29, 1.82) is 0 Å². The molecule has 0 aromatic heterocycles. The molecule has 0 aliphatic heterocycles. The number of ether oxygens (including phenoxy) is 1. The number of likely N-dealkylation sites (N-methyl/N-ethyl adjacent to an activating group) is 1. The minimum Gasteiger partial charge on any atom is -0.490 e. The molecule has 0 atom stereocenters. The monoisotopic (exact) mass is 205 g/mol. The molecular formula is C13H19NO.